The Bertz CT molecular complexity index is 1790. The highest BCUT2D eigenvalue weighted by Crippen LogP contribution is 2.17. The summed E-state index contributed by atoms with van der Waals surface area (Å²) < 4.78 is 5.61. The van der Waals surface area contributed by atoms with Crippen LogP contribution in [0.1, 0.15) is 78.7 Å². The third-order valence-electron chi connectivity index (χ3n) is 10.3. The van der Waals surface area contributed by atoms with E-state index < -0.39 is 128 Å². The number of cyclic esters (lactones) is 1. The number of phenolic OH excluding ortho intramolecular Hbond substituents is 1. The number of esters is 1. The molecular weight excluding hydrogens is 835 g/mol. The number of nitrogens with one attached hydrogen (secondary N) is 6. The number of aliphatic hydroxyl groups is 3. The van der Waals surface area contributed by atoms with Gasteiger partial charge in [-0.15, -0.1) is 0 Å². The van der Waals surface area contributed by atoms with Crippen LogP contribution in [0.5, 0.6) is 5.75 Å². The minimum Gasteiger partial charge on any atom is -0.508 e. The molecule has 0 aromatic heterocycles. The number of hydrogen-bond acceptors (Lipinski definition) is 13. The Kier molecular flexibility index (Phi) is 23.8. The number of carbonyl (C=O) groups is 8. The summed E-state index contributed by atoms with van der Waals surface area (Å²) in [5.41, 5.74) is 0.592. The monoisotopic (exact) mass is 901 g/mol. The van der Waals surface area contributed by atoms with Crippen molar-refractivity contribution >= 4 is 47.3 Å². The van der Waals surface area contributed by atoms with Gasteiger partial charge in [-0.05, 0) is 42.4 Å². The first-order valence-electron chi connectivity index (χ1n) is 21.5. The van der Waals surface area contributed by atoms with Crippen LogP contribution in [0.4, 0.5) is 0 Å². The van der Waals surface area contributed by atoms with E-state index in [1.807, 2.05) is 6.08 Å². The molecule has 2 rings (SSSR count). The van der Waals surface area contributed by atoms with Gasteiger partial charge in [0.05, 0.1) is 25.9 Å². The summed E-state index contributed by atoms with van der Waals surface area (Å²) in [5.74, 6) is -7.59. The lowest BCUT2D eigenvalue weighted by Gasteiger charge is -2.32. The number of rotatable bonds is 23. The second kappa shape index (κ2) is 28.0. The van der Waals surface area contributed by atoms with Gasteiger partial charge in [-0.25, -0.2) is 4.79 Å². The van der Waals surface area contributed by atoms with E-state index in [0.29, 0.717) is 5.56 Å². The number of likely N-dealkylation sites (N-methyl/N-ethyl adjacent to an activating group) is 1. The zero-order valence-electron chi connectivity index (χ0n) is 37.5. The standard InChI is InChI=1S/C44H67N7O13/c1-7-8-9-10-11-12-13-14-35(56)46-31(22-52)39(58)47-32(23-53)40(59)48-33(24-54)41(60)50-37(26(2)3)42(61)45-29-17-20-36(57)49-38(27(4)5)43(62)51(6)34(44(63)64-25-29)21-28-15-18-30(55)19-16-28/h12-13,15-20,26-27,29,31-34,37-38,52-55H,7-11,14,21-25H2,1-6H3,(H,45,61)(H,46,56)(H,47,58)(H,48,59)(H,49,57)(H,50,60)/b13-12-,20-17?/t29-,31+,32+,33+,34+,37+,38+/m1/s1. The number of unbranched alkanes of at least 4 members (excludes halogenated alkanes) is 4. The molecule has 356 valence electrons. The number of amides is 7. The van der Waals surface area contributed by atoms with Gasteiger partial charge in [0, 0.05) is 26.0 Å². The van der Waals surface area contributed by atoms with Gasteiger partial charge in [0.25, 0.3) is 0 Å². The molecule has 1 heterocycles. The molecule has 0 bridgehead atoms. The lowest BCUT2D eigenvalue weighted by molar-refractivity contribution is -0.156. The van der Waals surface area contributed by atoms with Crippen LogP contribution in [-0.4, -0.2) is 148 Å². The molecule has 7 amide bonds. The van der Waals surface area contributed by atoms with Gasteiger partial charge in [0.1, 0.15) is 48.6 Å². The first-order chi connectivity index (χ1) is 30.4. The van der Waals surface area contributed by atoms with Crippen molar-refractivity contribution < 1.29 is 63.5 Å². The third kappa shape index (κ3) is 18.1. The average molecular weight is 902 g/mol. The molecule has 1 aromatic carbocycles. The number of benzene rings is 1. The van der Waals surface area contributed by atoms with Gasteiger partial charge in [-0.3, -0.25) is 33.6 Å². The van der Waals surface area contributed by atoms with Crippen molar-refractivity contribution in [3.05, 3.63) is 54.1 Å². The van der Waals surface area contributed by atoms with Crippen LogP contribution in [-0.2, 0) is 49.5 Å². The predicted octanol–water partition coefficient (Wildman–Crippen LogP) is -1.01. The van der Waals surface area contributed by atoms with Crippen LogP contribution in [0.3, 0.4) is 0 Å². The molecule has 20 nitrogen and oxygen atoms in total. The van der Waals surface area contributed by atoms with E-state index >= 15 is 0 Å². The molecule has 0 saturated carbocycles. The lowest BCUT2D eigenvalue weighted by atomic mass is 9.99. The van der Waals surface area contributed by atoms with E-state index in [-0.39, 0.29) is 18.6 Å². The summed E-state index contributed by atoms with van der Waals surface area (Å²) in [5, 5.41) is 54.0. The summed E-state index contributed by atoms with van der Waals surface area (Å²) in [6.07, 6.45) is 10.8. The van der Waals surface area contributed by atoms with E-state index in [9.17, 15) is 58.8 Å². The number of allylic oxidation sites excluding steroid dienone is 1. The highest BCUT2D eigenvalue weighted by atomic mass is 16.5. The molecule has 64 heavy (non-hydrogen) atoms. The van der Waals surface area contributed by atoms with E-state index in [2.05, 4.69) is 38.8 Å². The molecule has 1 aliphatic rings. The van der Waals surface area contributed by atoms with E-state index in [4.69, 9.17) is 4.74 Å². The number of phenols is 1. The number of hydrogen-bond donors (Lipinski definition) is 10. The van der Waals surface area contributed by atoms with Crippen LogP contribution in [0.2, 0.25) is 0 Å². The fourth-order valence-corrected chi connectivity index (χ4v) is 6.38. The number of aromatic hydroxyl groups is 1. The molecule has 10 N–H and O–H groups in total. The lowest BCUT2D eigenvalue weighted by Crippen LogP contribution is -2.61. The van der Waals surface area contributed by atoms with Gasteiger partial charge >= 0.3 is 5.97 Å². The fraction of sp³-hybridized carbons (Fsp3) is 0.591. The fourth-order valence-electron chi connectivity index (χ4n) is 6.38. The van der Waals surface area contributed by atoms with Crippen molar-refractivity contribution in [2.75, 3.05) is 33.5 Å². The molecule has 0 unspecified atom stereocenters. The van der Waals surface area contributed by atoms with Gasteiger partial charge in [0.15, 0.2) is 0 Å². The Morgan fingerprint density at radius 1 is 0.812 bits per heavy atom. The first-order valence-corrected chi connectivity index (χ1v) is 21.5. The van der Waals surface area contributed by atoms with E-state index in [1.165, 1.54) is 30.2 Å². The first kappa shape index (κ1) is 54.3. The smallest absolute Gasteiger partial charge is 0.329 e. The second-order valence-electron chi connectivity index (χ2n) is 16.2. The molecule has 0 spiro atoms. The van der Waals surface area contributed by atoms with Gasteiger partial charge < -0.3 is 62.0 Å². The topological polar surface area (TPSA) is 302 Å². The maximum atomic E-state index is 13.7. The normalized spacial score (nSPS) is 19.1. The Hall–Kier alpha value is -5.86. The van der Waals surface area contributed by atoms with Gasteiger partial charge in [-0.2, -0.15) is 0 Å². The molecular formula is C44H67N7O13. The Morgan fingerprint density at radius 2 is 1.39 bits per heavy atom. The Labute approximate surface area is 374 Å². The van der Waals surface area contributed by atoms with Gasteiger partial charge in [-0.1, -0.05) is 84.2 Å². The molecule has 7 atom stereocenters. The molecule has 0 saturated heterocycles. The van der Waals surface area contributed by atoms with Crippen LogP contribution < -0.4 is 31.9 Å². The SMILES string of the molecule is CCCCCC/C=C\CC(=O)N[C@@H](CO)C(=O)N[C@@H](CO)C(=O)N[C@@H](CO)C(=O)N[C@H](C(=O)N[C@@H]1C=CC(=O)N[C@@H](C(C)C)C(=O)N(C)[C@@H](Cc2ccc(O)cc2)C(=O)OC1)C(C)C. The highest BCUT2D eigenvalue weighted by molar-refractivity contribution is 5.97. The maximum absolute atomic E-state index is 13.7. The van der Waals surface area contributed by atoms with Crippen molar-refractivity contribution in [3.63, 3.8) is 0 Å². The van der Waals surface area contributed by atoms with Crippen LogP contribution in [0, 0.1) is 11.8 Å². The zero-order chi connectivity index (χ0) is 47.9. The average Bonchev–Trinajstić information content (AvgIpc) is 3.26. The number of aliphatic hydroxyl groups excluding tert-OH is 3. The number of ether oxygens (including phenoxy) is 1. The summed E-state index contributed by atoms with van der Waals surface area (Å²) in [6, 6.07) is -3.54. The molecule has 1 aromatic rings. The highest BCUT2D eigenvalue weighted by Gasteiger charge is 2.36. The Morgan fingerprint density at radius 3 is 1.94 bits per heavy atom. The van der Waals surface area contributed by atoms with Crippen molar-refractivity contribution in [1.82, 2.24) is 36.8 Å². The molecule has 0 fully saturated rings. The minimum atomic E-state index is -1.69. The van der Waals surface area contributed by atoms with E-state index in [0.717, 1.165) is 38.2 Å². The maximum Gasteiger partial charge on any atom is 0.329 e. The van der Waals surface area contributed by atoms with Crippen molar-refractivity contribution in [2.45, 2.75) is 122 Å². The predicted molar refractivity (Wildman–Crippen MR) is 234 cm³/mol. The molecule has 20 heteroatoms. The van der Waals surface area contributed by atoms with Crippen LogP contribution >= 0.6 is 0 Å². The Balaban J connectivity index is 2.17. The minimum absolute atomic E-state index is 0.00467. The van der Waals surface area contributed by atoms with Crippen LogP contribution in [0.25, 0.3) is 0 Å². The quantitative estimate of drug-likeness (QED) is 0.0358. The largest absolute Gasteiger partial charge is 0.508 e. The summed E-state index contributed by atoms with van der Waals surface area (Å²) in [4.78, 5) is 107. The molecule has 0 aliphatic carbocycles. The van der Waals surface area contributed by atoms with Crippen molar-refractivity contribution in [1.29, 1.82) is 0 Å². The van der Waals surface area contributed by atoms with Gasteiger partial charge in [0.2, 0.25) is 41.4 Å². The summed E-state index contributed by atoms with van der Waals surface area (Å²) >= 11 is 0. The van der Waals surface area contributed by atoms with Crippen molar-refractivity contribution in [3.8, 4) is 5.75 Å². The number of carbonyl (C=O) groups excluding carboxylic acids is 8. The summed E-state index contributed by atoms with van der Waals surface area (Å²) in [6.45, 7) is 5.43. The molecule has 1 aliphatic heterocycles. The van der Waals surface area contributed by atoms with Crippen LogP contribution in [0.15, 0.2) is 48.6 Å². The zero-order valence-corrected chi connectivity index (χ0v) is 37.5. The third-order valence-corrected chi connectivity index (χ3v) is 10.3. The summed E-state index contributed by atoms with van der Waals surface area (Å²) in [7, 11) is 1.40. The second-order valence-corrected chi connectivity index (χ2v) is 16.2. The molecule has 0 radical (unpaired) electrons. The van der Waals surface area contributed by atoms with E-state index in [1.54, 1.807) is 45.9 Å². The van der Waals surface area contributed by atoms with Crippen molar-refractivity contribution in [2.24, 2.45) is 11.8 Å². The number of nitrogens with zero attached hydrogens (tertiary/aromatic N) is 1.